The van der Waals surface area contributed by atoms with E-state index in [1.165, 1.54) is 0 Å². The zero-order chi connectivity index (χ0) is 17.6. The number of anilines is 1. The molecule has 3 aliphatic rings. The van der Waals surface area contributed by atoms with Gasteiger partial charge in [-0.3, -0.25) is 4.98 Å². The number of rotatable bonds is 3. The van der Waals surface area contributed by atoms with E-state index in [1.807, 2.05) is 6.20 Å². The lowest BCUT2D eigenvalue weighted by atomic mass is 9.79. The summed E-state index contributed by atoms with van der Waals surface area (Å²) in [6.45, 7) is 4.82. The van der Waals surface area contributed by atoms with Crippen LogP contribution in [0.1, 0.15) is 18.7 Å². The molecule has 4 heterocycles. The van der Waals surface area contributed by atoms with Gasteiger partial charge < -0.3 is 19.1 Å². The summed E-state index contributed by atoms with van der Waals surface area (Å²) in [6, 6.07) is 4.11. The largest absolute Gasteiger partial charge is 0.373 e. The number of likely N-dealkylation sites (N-methyl/N-ethyl adjacent to an activating group) is 1. The second-order valence-corrected chi connectivity index (χ2v) is 7.58. The molecule has 2 aromatic heterocycles. The van der Waals surface area contributed by atoms with Gasteiger partial charge >= 0.3 is 0 Å². The number of allylic oxidation sites excluding steroid dienone is 1. The highest BCUT2D eigenvalue weighted by molar-refractivity contribution is 5.58. The van der Waals surface area contributed by atoms with Crippen molar-refractivity contribution in [2.24, 2.45) is 0 Å². The number of ether oxygens (including phenoxy) is 1. The molecule has 26 heavy (non-hydrogen) atoms. The van der Waals surface area contributed by atoms with E-state index in [2.05, 4.69) is 51.3 Å². The molecule has 5 rings (SSSR count). The zero-order valence-corrected chi connectivity index (χ0v) is 15.0. The van der Waals surface area contributed by atoms with Gasteiger partial charge in [0, 0.05) is 38.1 Å². The van der Waals surface area contributed by atoms with Crippen LogP contribution in [0.4, 0.5) is 5.69 Å². The lowest BCUT2D eigenvalue weighted by Crippen LogP contribution is -2.44. The van der Waals surface area contributed by atoms with Crippen LogP contribution in [0.15, 0.2) is 35.0 Å². The quantitative estimate of drug-likeness (QED) is 0.780. The number of piperazine rings is 1. The van der Waals surface area contributed by atoms with Gasteiger partial charge in [-0.15, -0.1) is 0 Å². The van der Waals surface area contributed by atoms with Crippen molar-refractivity contribution in [3.05, 3.63) is 36.4 Å². The Morgan fingerprint density at radius 1 is 1.23 bits per heavy atom. The van der Waals surface area contributed by atoms with Crippen LogP contribution in [0.3, 0.4) is 0 Å². The summed E-state index contributed by atoms with van der Waals surface area (Å²) in [7, 11) is 2.16. The molecular formula is C19H23N5O2. The van der Waals surface area contributed by atoms with Crippen molar-refractivity contribution in [2.45, 2.75) is 24.4 Å². The molecule has 2 unspecified atom stereocenters. The van der Waals surface area contributed by atoms with E-state index in [-0.39, 0.29) is 11.5 Å². The maximum atomic E-state index is 5.82. The maximum absolute atomic E-state index is 5.82. The number of hydrogen-bond donors (Lipinski definition) is 0. The van der Waals surface area contributed by atoms with Crippen LogP contribution in [0.5, 0.6) is 0 Å². The average Bonchev–Trinajstić information content (AvgIpc) is 3.28. The van der Waals surface area contributed by atoms with Gasteiger partial charge in [0.1, 0.15) is 5.69 Å². The van der Waals surface area contributed by atoms with Crippen molar-refractivity contribution >= 4 is 5.69 Å². The van der Waals surface area contributed by atoms with Gasteiger partial charge in [0.2, 0.25) is 11.7 Å². The Hall–Kier alpha value is -2.25. The van der Waals surface area contributed by atoms with E-state index >= 15 is 0 Å². The van der Waals surface area contributed by atoms with Crippen LogP contribution in [0.25, 0.3) is 11.5 Å². The van der Waals surface area contributed by atoms with E-state index in [0.717, 1.165) is 50.4 Å². The zero-order valence-electron chi connectivity index (χ0n) is 15.0. The summed E-state index contributed by atoms with van der Waals surface area (Å²) in [5.74, 6) is 1.23. The normalized spacial score (nSPS) is 28.7. The van der Waals surface area contributed by atoms with E-state index in [4.69, 9.17) is 14.2 Å². The summed E-state index contributed by atoms with van der Waals surface area (Å²) in [6.07, 6.45) is 8.11. The number of nitrogens with zero attached hydrogens (tertiary/aromatic N) is 5. The minimum absolute atomic E-state index is 0.167. The van der Waals surface area contributed by atoms with Crippen molar-refractivity contribution in [1.29, 1.82) is 0 Å². The topological polar surface area (TPSA) is 67.5 Å². The van der Waals surface area contributed by atoms with Crippen molar-refractivity contribution in [3.8, 4) is 11.5 Å². The van der Waals surface area contributed by atoms with E-state index < -0.39 is 0 Å². The monoisotopic (exact) mass is 353 g/mol. The van der Waals surface area contributed by atoms with Gasteiger partial charge in [-0.1, -0.05) is 17.3 Å². The highest BCUT2D eigenvalue weighted by atomic mass is 16.5. The van der Waals surface area contributed by atoms with Crippen LogP contribution in [-0.4, -0.2) is 66.0 Å². The first-order valence-corrected chi connectivity index (χ1v) is 9.24. The Kier molecular flexibility index (Phi) is 3.79. The maximum Gasteiger partial charge on any atom is 0.235 e. The standard InChI is InChI=1S/C19H23N5O2/c1-23-7-9-24(10-8-23)14-4-6-20-16(11-14)17-21-18(26-22-17)19-5-2-3-15(12-19)25-13-19/h2-4,6,11,15H,5,7-10,12-13H2,1H3. The molecule has 7 heteroatoms. The third kappa shape index (κ3) is 2.71. The van der Waals surface area contributed by atoms with Crippen LogP contribution < -0.4 is 4.90 Å². The first kappa shape index (κ1) is 16.0. The van der Waals surface area contributed by atoms with Crippen molar-refractivity contribution in [2.75, 3.05) is 44.7 Å². The van der Waals surface area contributed by atoms with Gasteiger partial charge in [-0.2, -0.15) is 4.98 Å². The molecular weight excluding hydrogens is 330 g/mol. The lowest BCUT2D eigenvalue weighted by Gasteiger charge is -2.34. The van der Waals surface area contributed by atoms with Gasteiger partial charge in [0.05, 0.1) is 18.1 Å². The molecule has 2 aromatic rings. The molecule has 2 aliphatic heterocycles. The Morgan fingerprint density at radius 2 is 2.12 bits per heavy atom. The fourth-order valence-corrected chi connectivity index (χ4v) is 4.06. The van der Waals surface area contributed by atoms with Crippen LogP contribution in [0.2, 0.25) is 0 Å². The second-order valence-electron chi connectivity index (χ2n) is 7.58. The Balaban J connectivity index is 1.40. The van der Waals surface area contributed by atoms with E-state index in [9.17, 15) is 0 Å². The van der Waals surface area contributed by atoms with E-state index in [0.29, 0.717) is 18.3 Å². The molecule has 0 amide bonds. The fourth-order valence-electron chi connectivity index (χ4n) is 4.06. The molecule has 7 nitrogen and oxygen atoms in total. The second kappa shape index (κ2) is 6.17. The smallest absolute Gasteiger partial charge is 0.235 e. The predicted octanol–water partition coefficient (Wildman–Crippen LogP) is 1.87. The van der Waals surface area contributed by atoms with Crippen molar-refractivity contribution < 1.29 is 9.26 Å². The third-order valence-corrected chi connectivity index (χ3v) is 5.75. The highest BCUT2D eigenvalue weighted by Crippen LogP contribution is 2.42. The van der Waals surface area contributed by atoms with Crippen LogP contribution in [0, 0.1) is 0 Å². The van der Waals surface area contributed by atoms with E-state index in [1.54, 1.807) is 0 Å². The minimum atomic E-state index is -0.167. The molecule has 0 N–H and O–H groups in total. The van der Waals surface area contributed by atoms with Crippen molar-refractivity contribution in [3.63, 3.8) is 0 Å². The predicted molar refractivity (Wildman–Crippen MR) is 97.0 cm³/mol. The number of pyridine rings is 1. The molecule has 2 saturated heterocycles. The van der Waals surface area contributed by atoms with Gasteiger partial charge in [-0.05, 0) is 32.0 Å². The summed E-state index contributed by atoms with van der Waals surface area (Å²) in [5, 5.41) is 4.22. The Labute approximate surface area is 152 Å². The SMILES string of the molecule is CN1CCN(c2ccnc(-c3noc(C45CC=CC(C4)OC5)n3)c2)CC1. The molecule has 2 bridgehead atoms. The molecule has 2 atom stereocenters. The molecule has 0 spiro atoms. The van der Waals surface area contributed by atoms with Gasteiger partial charge in [-0.25, -0.2) is 0 Å². The first-order valence-electron chi connectivity index (χ1n) is 9.24. The lowest BCUT2D eigenvalue weighted by molar-refractivity contribution is 0.133. The molecule has 0 radical (unpaired) electrons. The minimum Gasteiger partial charge on any atom is -0.373 e. The van der Waals surface area contributed by atoms with Crippen molar-refractivity contribution in [1.82, 2.24) is 20.0 Å². The first-order chi connectivity index (χ1) is 12.7. The number of aromatic nitrogens is 3. The fraction of sp³-hybridized carbons (Fsp3) is 0.526. The molecule has 0 saturated carbocycles. The Morgan fingerprint density at radius 3 is 3.00 bits per heavy atom. The molecule has 136 valence electrons. The average molecular weight is 353 g/mol. The molecule has 0 aromatic carbocycles. The highest BCUT2D eigenvalue weighted by Gasteiger charge is 2.46. The summed E-state index contributed by atoms with van der Waals surface area (Å²) in [4.78, 5) is 13.9. The molecule has 2 fully saturated rings. The third-order valence-electron chi connectivity index (χ3n) is 5.75. The summed E-state index contributed by atoms with van der Waals surface area (Å²) >= 11 is 0. The van der Waals surface area contributed by atoms with Crippen LogP contribution in [-0.2, 0) is 10.2 Å². The summed E-state index contributed by atoms with van der Waals surface area (Å²) in [5.41, 5.74) is 1.76. The number of hydrogen-bond acceptors (Lipinski definition) is 7. The summed E-state index contributed by atoms with van der Waals surface area (Å²) < 4.78 is 11.5. The van der Waals surface area contributed by atoms with Gasteiger partial charge in [0.15, 0.2) is 0 Å². The van der Waals surface area contributed by atoms with Gasteiger partial charge in [0.25, 0.3) is 0 Å². The number of fused-ring (bicyclic) bond motifs is 2. The Bertz CT molecular complexity index is 827. The molecule has 1 aliphatic carbocycles. The van der Waals surface area contributed by atoms with Crippen LogP contribution >= 0.6 is 0 Å².